The third kappa shape index (κ3) is 3.06. The number of hydrogen-bond acceptors (Lipinski definition) is 3. The van der Waals surface area contributed by atoms with Gasteiger partial charge in [-0.05, 0) is 60.7 Å². The van der Waals surface area contributed by atoms with Gasteiger partial charge < -0.3 is 9.64 Å². The molecule has 0 N–H and O–H groups in total. The van der Waals surface area contributed by atoms with E-state index in [1.165, 1.54) is 16.0 Å². The van der Waals surface area contributed by atoms with E-state index in [4.69, 9.17) is 4.74 Å². The van der Waals surface area contributed by atoms with Crippen molar-refractivity contribution in [2.45, 2.75) is 25.3 Å². The highest BCUT2D eigenvalue weighted by Crippen LogP contribution is 2.58. The maximum atomic E-state index is 14.2. The lowest BCUT2D eigenvalue weighted by Crippen LogP contribution is -2.67. The molecule has 5 rings (SSSR count). The lowest BCUT2D eigenvalue weighted by atomic mass is 9.61. The Bertz CT molecular complexity index is 1180. The van der Waals surface area contributed by atoms with E-state index in [0.717, 1.165) is 22.6 Å². The summed E-state index contributed by atoms with van der Waals surface area (Å²) in [6, 6.07) is 28.6. The van der Waals surface area contributed by atoms with Gasteiger partial charge in [0.25, 0.3) is 0 Å². The monoisotopic (exact) mass is 439 g/mol. The molecule has 3 nitrogen and oxygen atoms in total. The number of nitrogens with zero attached hydrogens (tertiary/aromatic N) is 1. The van der Waals surface area contributed by atoms with Crippen LogP contribution in [0, 0.1) is 13.8 Å². The summed E-state index contributed by atoms with van der Waals surface area (Å²) < 4.78 is 5.33. The minimum absolute atomic E-state index is 0.0915. The van der Waals surface area contributed by atoms with Crippen molar-refractivity contribution in [2.24, 2.45) is 0 Å². The first-order chi connectivity index (χ1) is 15.6. The average molecular weight is 440 g/mol. The zero-order valence-electron chi connectivity index (χ0n) is 18.4. The third-order valence-electron chi connectivity index (χ3n) is 6.40. The molecule has 4 aromatic rings. The molecule has 1 aliphatic heterocycles. The van der Waals surface area contributed by atoms with Crippen molar-refractivity contribution >= 4 is 22.9 Å². The van der Waals surface area contributed by atoms with Crippen LogP contribution in [0.5, 0.6) is 5.75 Å². The summed E-state index contributed by atoms with van der Waals surface area (Å²) in [7, 11) is 1.65. The van der Waals surface area contributed by atoms with E-state index < -0.39 is 5.41 Å². The molecule has 1 aromatic heterocycles. The van der Waals surface area contributed by atoms with Gasteiger partial charge in [0.2, 0.25) is 5.91 Å². The zero-order valence-corrected chi connectivity index (χ0v) is 19.2. The highest BCUT2D eigenvalue weighted by Gasteiger charge is 2.64. The number of thiophene rings is 1. The summed E-state index contributed by atoms with van der Waals surface area (Å²) >= 11 is 1.69. The highest BCUT2D eigenvalue weighted by molar-refractivity contribution is 7.10. The van der Waals surface area contributed by atoms with Crippen molar-refractivity contribution in [3.8, 4) is 5.75 Å². The molecule has 4 heteroatoms. The number of rotatable bonds is 5. The summed E-state index contributed by atoms with van der Waals surface area (Å²) in [6.45, 7) is 4.15. The third-order valence-corrected chi connectivity index (χ3v) is 7.33. The predicted octanol–water partition coefficient (Wildman–Crippen LogP) is 6.45. The fourth-order valence-corrected chi connectivity index (χ4v) is 5.59. The molecule has 0 spiro atoms. The molecular weight excluding hydrogens is 414 g/mol. The largest absolute Gasteiger partial charge is 0.497 e. The Morgan fingerprint density at radius 1 is 0.812 bits per heavy atom. The standard InChI is InChI=1S/C28H25NO2S/c1-19-6-10-21(11-7-19)28(22-12-8-20(2)9-13-22)26(25-5-4-18-32-25)29(27(28)30)23-14-16-24(31-3)17-15-23/h4-18,26H,1-3H3. The van der Waals surface area contributed by atoms with Gasteiger partial charge in [-0.15, -0.1) is 11.3 Å². The van der Waals surface area contributed by atoms with Crippen LogP contribution in [-0.2, 0) is 10.2 Å². The molecule has 0 aliphatic carbocycles. The molecule has 0 saturated carbocycles. The van der Waals surface area contributed by atoms with Crippen LogP contribution in [-0.4, -0.2) is 13.0 Å². The number of benzene rings is 3. The molecule has 1 atom stereocenters. The first-order valence-corrected chi connectivity index (χ1v) is 11.6. The Kier molecular flexibility index (Phi) is 5.10. The number of β-lactam (4-membered cyclic amide) rings is 1. The Morgan fingerprint density at radius 2 is 1.38 bits per heavy atom. The van der Waals surface area contributed by atoms with Crippen molar-refractivity contribution in [1.82, 2.24) is 0 Å². The van der Waals surface area contributed by atoms with Gasteiger partial charge in [0, 0.05) is 10.6 Å². The van der Waals surface area contributed by atoms with Crippen LogP contribution in [0.1, 0.15) is 33.2 Å². The van der Waals surface area contributed by atoms with Gasteiger partial charge in [0.1, 0.15) is 11.2 Å². The first kappa shape index (κ1) is 20.5. The van der Waals surface area contributed by atoms with Gasteiger partial charge >= 0.3 is 0 Å². The number of carbonyl (C=O) groups excluding carboxylic acids is 1. The fraction of sp³-hybridized carbons (Fsp3) is 0.179. The topological polar surface area (TPSA) is 29.5 Å². The molecule has 160 valence electrons. The maximum Gasteiger partial charge on any atom is 0.245 e. The molecule has 3 aromatic carbocycles. The number of anilines is 1. The van der Waals surface area contributed by atoms with Crippen LogP contribution in [0.2, 0.25) is 0 Å². The number of hydrogen-bond donors (Lipinski definition) is 0. The zero-order chi connectivity index (χ0) is 22.3. The van der Waals surface area contributed by atoms with Crippen LogP contribution < -0.4 is 9.64 Å². The molecule has 2 heterocycles. The molecular formula is C28H25NO2S. The highest BCUT2D eigenvalue weighted by atomic mass is 32.1. The summed E-state index contributed by atoms with van der Waals surface area (Å²) in [4.78, 5) is 17.3. The van der Waals surface area contributed by atoms with Gasteiger partial charge in [0.15, 0.2) is 0 Å². The predicted molar refractivity (Wildman–Crippen MR) is 131 cm³/mol. The smallest absolute Gasteiger partial charge is 0.245 e. The van der Waals surface area contributed by atoms with Gasteiger partial charge in [-0.25, -0.2) is 0 Å². The van der Waals surface area contributed by atoms with E-state index in [9.17, 15) is 4.79 Å². The first-order valence-electron chi connectivity index (χ1n) is 10.7. The second-order valence-electron chi connectivity index (χ2n) is 8.33. The van der Waals surface area contributed by atoms with Crippen LogP contribution in [0.3, 0.4) is 0 Å². The molecule has 0 bridgehead atoms. The molecule has 32 heavy (non-hydrogen) atoms. The Balaban J connectivity index is 1.73. The van der Waals surface area contributed by atoms with Gasteiger partial charge in [-0.1, -0.05) is 65.7 Å². The summed E-state index contributed by atoms with van der Waals surface area (Å²) in [5, 5.41) is 2.08. The number of ether oxygens (including phenoxy) is 1. The quantitative estimate of drug-likeness (QED) is 0.335. The van der Waals surface area contributed by atoms with Crippen molar-refractivity contribution < 1.29 is 9.53 Å². The normalized spacial score (nSPS) is 17.2. The van der Waals surface area contributed by atoms with Crippen molar-refractivity contribution in [3.05, 3.63) is 117 Å². The number of amides is 1. The number of carbonyl (C=O) groups is 1. The number of aryl methyl sites for hydroxylation is 2. The van der Waals surface area contributed by atoms with Crippen molar-refractivity contribution in [2.75, 3.05) is 12.0 Å². The molecule has 1 saturated heterocycles. The molecule has 1 amide bonds. The van der Waals surface area contributed by atoms with Crippen LogP contribution in [0.15, 0.2) is 90.3 Å². The second-order valence-corrected chi connectivity index (χ2v) is 9.31. The van der Waals surface area contributed by atoms with E-state index in [1.54, 1.807) is 18.4 Å². The van der Waals surface area contributed by atoms with Crippen molar-refractivity contribution in [3.63, 3.8) is 0 Å². The Hall–Kier alpha value is -3.37. The average Bonchev–Trinajstić information content (AvgIpc) is 3.34. The van der Waals surface area contributed by atoms with E-state index in [1.807, 2.05) is 29.2 Å². The molecule has 1 fully saturated rings. The minimum Gasteiger partial charge on any atom is -0.497 e. The fourth-order valence-electron chi connectivity index (χ4n) is 4.71. The van der Waals surface area contributed by atoms with E-state index >= 15 is 0 Å². The molecule has 1 unspecified atom stereocenters. The van der Waals surface area contributed by atoms with Gasteiger partial charge in [-0.3, -0.25) is 4.79 Å². The minimum atomic E-state index is -0.772. The molecule has 0 radical (unpaired) electrons. The van der Waals surface area contributed by atoms with E-state index in [2.05, 4.69) is 79.9 Å². The molecule has 1 aliphatic rings. The van der Waals surface area contributed by atoms with E-state index in [0.29, 0.717) is 0 Å². The number of methoxy groups -OCH3 is 1. The lowest BCUT2D eigenvalue weighted by molar-refractivity contribution is -0.131. The maximum absolute atomic E-state index is 14.2. The second kappa shape index (κ2) is 7.95. The van der Waals surface area contributed by atoms with E-state index in [-0.39, 0.29) is 11.9 Å². The lowest BCUT2D eigenvalue weighted by Gasteiger charge is -2.56. The van der Waals surface area contributed by atoms with Gasteiger partial charge in [-0.2, -0.15) is 0 Å². The summed E-state index contributed by atoms with van der Waals surface area (Å²) in [5.41, 5.74) is 4.52. The SMILES string of the molecule is COc1ccc(N2C(=O)C(c3ccc(C)cc3)(c3ccc(C)cc3)C2c2cccs2)cc1. The Morgan fingerprint density at radius 3 is 1.84 bits per heavy atom. The van der Waals surface area contributed by atoms with Crippen LogP contribution in [0.25, 0.3) is 0 Å². The van der Waals surface area contributed by atoms with Crippen LogP contribution in [0.4, 0.5) is 5.69 Å². The van der Waals surface area contributed by atoms with Crippen molar-refractivity contribution in [1.29, 1.82) is 0 Å². The van der Waals surface area contributed by atoms with Gasteiger partial charge in [0.05, 0.1) is 13.2 Å². The summed E-state index contributed by atoms with van der Waals surface area (Å²) in [5.74, 6) is 0.867. The summed E-state index contributed by atoms with van der Waals surface area (Å²) in [6.07, 6.45) is 0. The van der Waals surface area contributed by atoms with Crippen LogP contribution >= 0.6 is 11.3 Å². The Labute approximate surface area is 192 Å².